The van der Waals surface area contributed by atoms with Crippen LogP contribution in [0.1, 0.15) is 124 Å². The van der Waals surface area contributed by atoms with Crippen molar-refractivity contribution in [3.8, 4) is 0 Å². The summed E-state index contributed by atoms with van der Waals surface area (Å²) in [5.74, 6) is 0.691. The van der Waals surface area contributed by atoms with Gasteiger partial charge < -0.3 is 10.1 Å². The highest BCUT2D eigenvalue weighted by Crippen LogP contribution is 2.19. The largest absolute Gasteiger partial charge is 0.464 e. The first kappa shape index (κ1) is 26.4. The molecule has 0 aliphatic heterocycles. The number of esters is 1. The molecule has 0 saturated carbocycles. The number of ether oxygens (including phenoxy) is 1. The summed E-state index contributed by atoms with van der Waals surface area (Å²) < 4.78 is 5.15. The number of unbranched alkanes of at least 4 members (excludes halogenated alkanes) is 11. The van der Waals surface area contributed by atoms with Crippen LogP contribution >= 0.6 is 0 Å². The van der Waals surface area contributed by atoms with E-state index < -0.39 is 0 Å². The van der Waals surface area contributed by atoms with E-state index in [1.54, 1.807) is 0 Å². The van der Waals surface area contributed by atoms with Gasteiger partial charge in [0, 0.05) is 13.0 Å². The first-order valence-electron chi connectivity index (χ1n) is 12.1. The second-order valence-electron chi connectivity index (χ2n) is 8.11. The lowest BCUT2D eigenvalue weighted by Crippen LogP contribution is -2.27. The highest BCUT2D eigenvalue weighted by molar-refractivity contribution is 5.68. The van der Waals surface area contributed by atoms with Crippen LogP contribution in [-0.4, -0.2) is 25.7 Å². The van der Waals surface area contributed by atoms with E-state index in [4.69, 9.17) is 4.74 Å². The summed E-state index contributed by atoms with van der Waals surface area (Å²) in [6.45, 7) is 8.77. The molecule has 0 fully saturated rings. The van der Waals surface area contributed by atoms with Crippen LogP contribution in [-0.2, 0) is 9.53 Å². The molecule has 0 heterocycles. The molecule has 0 aromatic heterocycles. The topological polar surface area (TPSA) is 38.3 Å². The smallest absolute Gasteiger partial charge is 0.305 e. The van der Waals surface area contributed by atoms with Gasteiger partial charge in [-0.25, -0.2) is 0 Å². The van der Waals surface area contributed by atoms with Crippen molar-refractivity contribution in [3.05, 3.63) is 0 Å². The molecule has 0 aliphatic carbocycles. The Hall–Kier alpha value is -0.570. The zero-order valence-electron chi connectivity index (χ0n) is 18.8. The van der Waals surface area contributed by atoms with Crippen LogP contribution in [0.4, 0.5) is 0 Å². The monoisotopic (exact) mass is 383 g/mol. The van der Waals surface area contributed by atoms with E-state index in [1.807, 2.05) is 6.92 Å². The molecule has 0 aliphatic rings. The van der Waals surface area contributed by atoms with Gasteiger partial charge in [0.25, 0.3) is 0 Å². The molecule has 0 radical (unpaired) electrons. The van der Waals surface area contributed by atoms with Crippen molar-refractivity contribution < 1.29 is 9.53 Å². The molecule has 1 unspecified atom stereocenters. The predicted molar refractivity (Wildman–Crippen MR) is 118 cm³/mol. The Morgan fingerprint density at radius 3 is 1.70 bits per heavy atom. The van der Waals surface area contributed by atoms with Crippen molar-refractivity contribution in [2.24, 2.45) is 5.92 Å². The van der Waals surface area contributed by atoms with E-state index in [0.29, 0.717) is 13.0 Å². The third kappa shape index (κ3) is 20.0. The van der Waals surface area contributed by atoms with Crippen LogP contribution in [0.15, 0.2) is 0 Å². The van der Waals surface area contributed by atoms with Crippen molar-refractivity contribution in [3.63, 3.8) is 0 Å². The van der Waals surface area contributed by atoms with E-state index in [2.05, 4.69) is 19.2 Å². The molecule has 0 amide bonds. The van der Waals surface area contributed by atoms with E-state index >= 15 is 0 Å². The first-order valence-corrected chi connectivity index (χ1v) is 12.1. The summed E-state index contributed by atoms with van der Waals surface area (Å²) in [5.41, 5.74) is 0. The number of rotatable bonds is 21. The van der Waals surface area contributed by atoms with Gasteiger partial charge in [-0.3, -0.25) is 4.79 Å². The minimum Gasteiger partial charge on any atom is -0.464 e. The van der Waals surface area contributed by atoms with Gasteiger partial charge >= 0.3 is 5.97 Å². The van der Waals surface area contributed by atoms with E-state index in [-0.39, 0.29) is 5.97 Å². The molecule has 1 atom stereocenters. The predicted octanol–water partition coefficient (Wildman–Crippen LogP) is 7.04. The van der Waals surface area contributed by atoms with Gasteiger partial charge in [-0.2, -0.15) is 0 Å². The minimum absolute atomic E-state index is 0.0942. The van der Waals surface area contributed by atoms with Gasteiger partial charge in [-0.15, -0.1) is 0 Å². The summed E-state index contributed by atoms with van der Waals surface area (Å²) in [6.07, 6.45) is 21.2. The Balaban J connectivity index is 3.83. The van der Waals surface area contributed by atoms with E-state index in [0.717, 1.165) is 19.0 Å². The molecule has 0 saturated heterocycles. The normalized spacial score (nSPS) is 12.3. The summed E-state index contributed by atoms with van der Waals surface area (Å²) in [4.78, 5) is 11.2. The van der Waals surface area contributed by atoms with Crippen LogP contribution in [0.2, 0.25) is 0 Å². The number of carbonyl (C=O) groups excluding carboxylic acids is 1. The van der Waals surface area contributed by atoms with Gasteiger partial charge in [0.2, 0.25) is 0 Å². The number of hydrogen-bond acceptors (Lipinski definition) is 3. The Bertz CT molecular complexity index is 307. The molecular formula is C24H49NO2. The Labute approximate surface area is 170 Å². The molecule has 3 nitrogen and oxygen atoms in total. The van der Waals surface area contributed by atoms with Crippen LogP contribution in [0.25, 0.3) is 0 Å². The lowest BCUT2D eigenvalue weighted by atomic mass is 9.94. The van der Waals surface area contributed by atoms with E-state index in [1.165, 1.54) is 96.3 Å². The van der Waals surface area contributed by atoms with Gasteiger partial charge in [-0.05, 0) is 25.3 Å². The zero-order chi connectivity index (χ0) is 20.0. The van der Waals surface area contributed by atoms with Crippen LogP contribution in [0, 0.1) is 5.92 Å². The highest BCUT2D eigenvalue weighted by atomic mass is 16.5. The second-order valence-corrected chi connectivity index (χ2v) is 8.11. The lowest BCUT2D eigenvalue weighted by molar-refractivity contribution is -0.143. The summed E-state index contributed by atoms with van der Waals surface area (Å²) in [5, 5.41) is 3.52. The van der Waals surface area contributed by atoms with Crippen molar-refractivity contribution >= 4 is 5.97 Å². The Morgan fingerprint density at radius 1 is 0.741 bits per heavy atom. The molecule has 0 spiro atoms. The molecule has 1 N–H and O–H groups in total. The molecule has 162 valence electrons. The summed E-state index contributed by atoms with van der Waals surface area (Å²) in [7, 11) is 0. The van der Waals surface area contributed by atoms with Crippen molar-refractivity contribution in [1.82, 2.24) is 5.32 Å². The third-order valence-electron chi connectivity index (χ3n) is 5.45. The molecule has 0 aromatic rings. The first-order chi connectivity index (χ1) is 13.2. The molecular weight excluding hydrogens is 334 g/mol. The Kier molecular flexibility index (Phi) is 21.3. The number of carbonyl (C=O) groups is 1. The van der Waals surface area contributed by atoms with Crippen molar-refractivity contribution in [2.75, 3.05) is 19.7 Å². The fourth-order valence-corrected chi connectivity index (χ4v) is 3.60. The standard InChI is InChI=1S/C24H49NO2/c1-4-7-9-11-12-13-15-17-19-23(18-16-14-10-8-5-2)22-25-20-21-27-24(26)6-3/h23,25H,4-22H2,1-3H3. The van der Waals surface area contributed by atoms with Crippen LogP contribution in [0.3, 0.4) is 0 Å². The third-order valence-corrected chi connectivity index (χ3v) is 5.45. The molecule has 27 heavy (non-hydrogen) atoms. The zero-order valence-corrected chi connectivity index (χ0v) is 18.8. The van der Waals surface area contributed by atoms with Crippen LogP contribution < -0.4 is 5.32 Å². The van der Waals surface area contributed by atoms with E-state index in [9.17, 15) is 4.79 Å². The lowest BCUT2D eigenvalue weighted by Gasteiger charge is -2.18. The second kappa shape index (κ2) is 21.7. The fourth-order valence-electron chi connectivity index (χ4n) is 3.60. The highest BCUT2D eigenvalue weighted by Gasteiger charge is 2.08. The summed E-state index contributed by atoms with van der Waals surface area (Å²) in [6, 6.07) is 0. The maximum atomic E-state index is 11.2. The quantitative estimate of drug-likeness (QED) is 0.171. The van der Waals surface area contributed by atoms with Gasteiger partial charge in [0.15, 0.2) is 0 Å². The van der Waals surface area contributed by atoms with Crippen molar-refractivity contribution in [2.45, 2.75) is 124 Å². The SMILES string of the molecule is CCCCCCCCCCC(CCCCCCC)CNCCOC(=O)CC. The van der Waals surface area contributed by atoms with Gasteiger partial charge in [0.1, 0.15) is 6.61 Å². The number of hydrogen-bond donors (Lipinski definition) is 1. The average molecular weight is 384 g/mol. The van der Waals surface area contributed by atoms with Crippen molar-refractivity contribution in [1.29, 1.82) is 0 Å². The average Bonchev–Trinajstić information content (AvgIpc) is 2.68. The van der Waals surface area contributed by atoms with Gasteiger partial charge in [0.05, 0.1) is 0 Å². The Morgan fingerprint density at radius 2 is 1.22 bits per heavy atom. The van der Waals surface area contributed by atoms with Crippen LogP contribution in [0.5, 0.6) is 0 Å². The summed E-state index contributed by atoms with van der Waals surface area (Å²) >= 11 is 0. The molecule has 0 aromatic carbocycles. The molecule has 3 heteroatoms. The maximum Gasteiger partial charge on any atom is 0.305 e. The number of nitrogens with one attached hydrogen (secondary N) is 1. The fraction of sp³-hybridized carbons (Fsp3) is 0.958. The maximum absolute atomic E-state index is 11.2. The molecule has 0 rings (SSSR count). The minimum atomic E-state index is -0.0942. The van der Waals surface area contributed by atoms with Gasteiger partial charge in [-0.1, -0.05) is 104 Å². The molecule has 0 bridgehead atoms.